The van der Waals surface area contributed by atoms with Crippen molar-refractivity contribution in [3.05, 3.63) is 29.6 Å². The molecule has 0 aliphatic carbocycles. The third-order valence-corrected chi connectivity index (χ3v) is 4.60. The summed E-state index contributed by atoms with van der Waals surface area (Å²) in [6.07, 6.45) is 3.82. The summed E-state index contributed by atoms with van der Waals surface area (Å²) in [7, 11) is 1.50. The van der Waals surface area contributed by atoms with Crippen LogP contribution in [0.3, 0.4) is 0 Å². The van der Waals surface area contributed by atoms with Crippen molar-refractivity contribution in [1.29, 1.82) is 0 Å². The number of hydrogen-bond donors (Lipinski definition) is 1. The van der Waals surface area contributed by atoms with E-state index in [1.165, 1.54) is 32.9 Å². The van der Waals surface area contributed by atoms with E-state index < -0.39 is 0 Å². The Morgan fingerprint density at radius 3 is 3.10 bits per heavy atom. The number of likely N-dealkylation sites (tertiary alicyclic amines) is 1. The normalized spacial score (nSPS) is 27.1. The lowest BCUT2D eigenvalue weighted by molar-refractivity contribution is 0.109. The van der Waals surface area contributed by atoms with Gasteiger partial charge >= 0.3 is 0 Å². The van der Waals surface area contributed by atoms with Crippen molar-refractivity contribution in [2.45, 2.75) is 31.8 Å². The van der Waals surface area contributed by atoms with Crippen molar-refractivity contribution in [3.63, 3.8) is 0 Å². The molecule has 2 atom stereocenters. The number of benzene rings is 1. The molecule has 2 aliphatic heterocycles. The molecule has 3 nitrogen and oxygen atoms in total. The zero-order valence-electron chi connectivity index (χ0n) is 12.1. The highest BCUT2D eigenvalue weighted by Crippen LogP contribution is 2.26. The summed E-state index contributed by atoms with van der Waals surface area (Å²) < 4.78 is 18.7. The van der Waals surface area contributed by atoms with Crippen molar-refractivity contribution < 1.29 is 9.13 Å². The zero-order chi connectivity index (χ0) is 13.9. The Morgan fingerprint density at radius 2 is 2.30 bits per heavy atom. The van der Waals surface area contributed by atoms with Gasteiger partial charge in [0.1, 0.15) is 0 Å². The van der Waals surface area contributed by atoms with Crippen LogP contribution in [0, 0.1) is 11.7 Å². The molecule has 0 aromatic heterocycles. The molecule has 0 radical (unpaired) electrons. The van der Waals surface area contributed by atoms with E-state index in [0.717, 1.165) is 31.1 Å². The van der Waals surface area contributed by atoms with Crippen molar-refractivity contribution in [2.24, 2.45) is 5.92 Å². The van der Waals surface area contributed by atoms with E-state index in [-0.39, 0.29) is 5.82 Å². The molecule has 20 heavy (non-hydrogen) atoms. The van der Waals surface area contributed by atoms with Crippen molar-refractivity contribution >= 4 is 0 Å². The molecule has 2 fully saturated rings. The maximum Gasteiger partial charge on any atom is 0.165 e. The fourth-order valence-electron chi connectivity index (χ4n) is 3.53. The minimum Gasteiger partial charge on any atom is -0.494 e. The first-order valence-electron chi connectivity index (χ1n) is 7.54. The maximum absolute atomic E-state index is 13.7. The van der Waals surface area contributed by atoms with Gasteiger partial charge in [-0.05, 0) is 56.0 Å². The van der Waals surface area contributed by atoms with Crippen LogP contribution < -0.4 is 10.1 Å². The van der Waals surface area contributed by atoms with E-state index in [2.05, 4.69) is 10.2 Å². The third-order valence-electron chi connectivity index (χ3n) is 4.60. The number of piperidine rings is 2. The second kappa shape index (κ2) is 6.10. The Bertz CT molecular complexity index is 466. The van der Waals surface area contributed by atoms with E-state index >= 15 is 0 Å². The lowest BCUT2D eigenvalue weighted by Crippen LogP contribution is -2.51. The first-order chi connectivity index (χ1) is 9.76. The average molecular weight is 278 g/mol. The Balaban J connectivity index is 1.62. The molecular formula is C16H23FN2O. The molecule has 1 N–H and O–H groups in total. The molecular weight excluding hydrogens is 255 g/mol. The summed E-state index contributed by atoms with van der Waals surface area (Å²) in [5.41, 5.74) is 1.03. The molecule has 1 aromatic rings. The standard InChI is InChI=1S/C16H23FN2O/c1-20-16-5-4-12(9-14(16)17)10-19-8-6-15-13(11-19)3-2-7-18-15/h4-5,9,13,15,18H,2-3,6-8,10-11H2,1H3. The predicted molar refractivity (Wildman–Crippen MR) is 77.4 cm³/mol. The van der Waals surface area contributed by atoms with Crippen LogP contribution in [0.1, 0.15) is 24.8 Å². The highest BCUT2D eigenvalue weighted by molar-refractivity contribution is 5.29. The SMILES string of the molecule is COc1ccc(CN2CCC3NCCCC3C2)cc1F. The van der Waals surface area contributed by atoms with Crippen LogP contribution in [0.5, 0.6) is 5.75 Å². The molecule has 0 spiro atoms. The van der Waals surface area contributed by atoms with Crippen LogP contribution in [-0.2, 0) is 6.54 Å². The molecule has 2 saturated heterocycles. The van der Waals surface area contributed by atoms with Crippen LogP contribution in [0.25, 0.3) is 0 Å². The van der Waals surface area contributed by atoms with Gasteiger partial charge in [0.2, 0.25) is 0 Å². The maximum atomic E-state index is 13.7. The topological polar surface area (TPSA) is 24.5 Å². The fraction of sp³-hybridized carbons (Fsp3) is 0.625. The molecule has 2 aliphatic rings. The van der Waals surface area contributed by atoms with Crippen LogP contribution in [0.4, 0.5) is 4.39 Å². The van der Waals surface area contributed by atoms with Crippen LogP contribution in [0.2, 0.25) is 0 Å². The lowest BCUT2D eigenvalue weighted by Gasteiger charge is -2.41. The molecule has 110 valence electrons. The first kappa shape index (κ1) is 13.8. The van der Waals surface area contributed by atoms with Crippen molar-refractivity contribution in [1.82, 2.24) is 10.2 Å². The second-order valence-electron chi connectivity index (χ2n) is 5.96. The predicted octanol–water partition coefficient (Wildman–Crippen LogP) is 2.41. The zero-order valence-corrected chi connectivity index (χ0v) is 12.1. The van der Waals surface area contributed by atoms with Gasteiger partial charge in [-0.15, -0.1) is 0 Å². The summed E-state index contributed by atoms with van der Waals surface area (Å²) in [5, 5.41) is 3.63. The van der Waals surface area contributed by atoms with Gasteiger partial charge < -0.3 is 10.1 Å². The summed E-state index contributed by atoms with van der Waals surface area (Å²) in [6, 6.07) is 5.99. The van der Waals surface area contributed by atoms with Crippen LogP contribution >= 0.6 is 0 Å². The Labute approximate surface area is 120 Å². The van der Waals surface area contributed by atoms with Gasteiger partial charge in [0, 0.05) is 19.1 Å². The van der Waals surface area contributed by atoms with E-state index in [4.69, 9.17) is 4.74 Å². The van der Waals surface area contributed by atoms with Crippen LogP contribution in [0.15, 0.2) is 18.2 Å². The van der Waals surface area contributed by atoms with Crippen molar-refractivity contribution in [2.75, 3.05) is 26.7 Å². The number of hydrogen-bond acceptors (Lipinski definition) is 3. The van der Waals surface area contributed by atoms with E-state index in [9.17, 15) is 4.39 Å². The molecule has 4 heteroatoms. The Morgan fingerprint density at radius 1 is 1.40 bits per heavy atom. The minimum absolute atomic E-state index is 0.265. The number of fused-ring (bicyclic) bond motifs is 1. The third kappa shape index (κ3) is 2.96. The molecule has 0 bridgehead atoms. The highest BCUT2D eigenvalue weighted by atomic mass is 19.1. The van der Waals surface area contributed by atoms with Gasteiger partial charge in [-0.2, -0.15) is 0 Å². The monoisotopic (exact) mass is 278 g/mol. The Kier molecular flexibility index (Phi) is 4.22. The number of methoxy groups -OCH3 is 1. The number of ether oxygens (including phenoxy) is 1. The summed E-state index contributed by atoms with van der Waals surface area (Å²) in [4.78, 5) is 2.45. The van der Waals surface area contributed by atoms with Crippen LogP contribution in [-0.4, -0.2) is 37.7 Å². The van der Waals surface area contributed by atoms with E-state index in [0.29, 0.717) is 11.8 Å². The summed E-state index contributed by atoms with van der Waals surface area (Å²) in [6.45, 7) is 4.24. The smallest absolute Gasteiger partial charge is 0.165 e. The number of halogens is 1. The second-order valence-corrected chi connectivity index (χ2v) is 5.96. The van der Waals surface area contributed by atoms with Gasteiger partial charge in [-0.3, -0.25) is 4.90 Å². The van der Waals surface area contributed by atoms with Gasteiger partial charge in [0.25, 0.3) is 0 Å². The Hall–Kier alpha value is -1.13. The van der Waals surface area contributed by atoms with Gasteiger partial charge in [0.15, 0.2) is 11.6 Å². The van der Waals surface area contributed by atoms with Crippen molar-refractivity contribution in [3.8, 4) is 5.75 Å². The number of rotatable bonds is 3. The first-order valence-corrected chi connectivity index (χ1v) is 7.54. The summed E-state index contributed by atoms with van der Waals surface area (Å²) >= 11 is 0. The number of nitrogens with one attached hydrogen (secondary N) is 1. The highest BCUT2D eigenvalue weighted by Gasteiger charge is 2.30. The van der Waals surface area contributed by atoms with Gasteiger partial charge in [-0.25, -0.2) is 4.39 Å². The molecule has 2 heterocycles. The quantitative estimate of drug-likeness (QED) is 0.919. The van der Waals surface area contributed by atoms with Gasteiger partial charge in [-0.1, -0.05) is 6.07 Å². The molecule has 0 amide bonds. The average Bonchev–Trinajstić information content (AvgIpc) is 2.47. The molecule has 2 unspecified atom stereocenters. The van der Waals surface area contributed by atoms with Gasteiger partial charge in [0.05, 0.1) is 7.11 Å². The van der Waals surface area contributed by atoms with E-state index in [1.807, 2.05) is 6.07 Å². The lowest BCUT2D eigenvalue weighted by atomic mass is 9.85. The fourth-order valence-corrected chi connectivity index (χ4v) is 3.53. The number of nitrogens with zero attached hydrogens (tertiary/aromatic N) is 1. The van der Waals surface area contributed by atoms with E-state index in [1.54, 1.807) is 12.1 Å². The molecule has 3 rings (SSSR count). The largest absolute Gasteiger partial charge is 0.494 e. The molecule has 1 aromatic carbocycles. The molecule has 0 saturated carbocycles. The minimum atomic E-state index is -0.265. The summed E-state index contributed by atoms with van der Waals surface area (Å²) in [5.74, 6) is 0.823.